The van der Waals surface area contributed by atoms with Crippen LogP contribution in [0.15, 0.2) is 42.7 Å². The van der Waals surface area contributed by atoms with Gasteiger partial charge in [0, 0.05) is 18.0 Å². The van der Waals surface area contributed by atoms with Gasteiger partial charge in [-0.3, -0.25) is 9.78 Å². The van der Waals surface area contributed by atoms with Crippen LogP contribution < -0.4 is 20.1 Å². The Morgan fingerprint density at radius 1 is 1.17 bits per heavy atom. The normalized spacial score (nSPS) is 10.2. The molecule has 0 unspecified atom stereocenters. The lowest BCUT2D eigenvalue weighted by Gasteiger charge is -2.11. The number of nitrogens with zero attached hydrogens (tertiary/aromatic N) is 1. The summed E-state index contributed by atoms with van der Waals surface area (Å²) in [5.41, 5.74) is 1.68. The highest BCUT2D eigenvalue weighted by molar-refractivity contribution is 5.93. The Balaban J connectivity index is 1.77. The highest BCUT2D eigenvalue weighted by atomic mass is 16.5. The molecule has 0 spiro atoms. The zero-order chi connectivity index (χ0) is 16.5. The lowest BCUT2D eigenvalue weighted by atomic mass is 10.2. The summed E-state index contributed by atoms with van der Waals surface area (Å²) >= 11 is 0. The molecule has 0 fully saturated rings. The second-order valence-corrected chi connectivity index (χ2v) is 4.93. The summed E-state index contributed by atoms with van der Waals surface area (Å²) in [6.07, 6.45) is 3.21. The predicted octanol–water partition coefficient (Wildman–Crippen LogP) is 0.592. The van der Waals surface area contributed by atoms with Crippen molar-refractivity contribution in [3.05, 3.63) is 53.9 Å². The van der Waals surface area contributed by atoms with E-state index in [9.17, 15) is 4.79 Å². The molecule has 0 aliphatic rings. The van der Waals surface area contributed by atoms with Gasteiger partial charge in [-0.05, 0) is 24.3 Å². The number of nitrogens with two attached hydrogens (primary N) is 1. The molecule has 0 atom stereocenters. The molecule has 1 aromatic heterocycles. The van der Waals surface area contributed by atoms with Gasteiger partial charge in [0.2, 0.25) is 0 Å². The molecular formula is C17H22N3O3+. The van der Waals surface area contributed by atoms with Gasteiger partial charge in [0.05, 0.1) is 32.9 Å². The number of ether oxygens (including phenoxy) is 2. The van der Waals surface area contributed by atoms with Crippen LogP contribution in [0.4, 0.5) is 0 Å². The number of hydrogen-bond acceptors (Lipinski definition) is 4. The first-order chi connectivity index (χ1) is 11.3. The minimum Gasteiger partial charge on any atom is -0.493 e. The number of benzene rings is 1. The number of aromatic nitrogens is 1. The molecule has 6 nitrogen and oxygen atoms in total. The van der Waals surface area contributed by atoms with Crippen molar-refractivity contribution in [2.75, 3.05) is 27.3 Å². The molecule has 2 aromatic rings. The summed E-state index contributed by atoms with van der Waals surface area (Å²) in [4.78, 5) is 15.8. The van der Waals surface area contributed by atoms with Gasteiger partial charge >= 0.3 is 0 Å². The van der Waals surface area contributed by atoms with Crippen LogP contribution in [0.3, 0.4) is 0 Å². The number of methoxy groups -OCH3 is 2. The van der Waals surface area contributed by atoms with Crippen molar-refractivity contribution in [2.24, 2.45) is 0 Å². The lowest BCUT2D eigenvalue weighted by molar-refractivity contribution is -0.668. The van der Waals surface area contributed by atoms with Gasteiger partial charge < -0.3 is 20.1 Å². The highest BCUT2D eigenvalue weighted by Gasteiger charge is 2.10. The van der Waals surface area contributed by atoms with Crippen molar-refractivity contribution < 1.29 is 19.6 Å². The van der Waals surface area contributed by atoms with Crippen molar-refractivity contribution in [1.29, 1.82) is 0 Å². The van der Waals surface area contributed by atoms with E-state index in [1.807, 2.05) is 18.2 Å². The second-order valence-electron chi connectivity index (χ2n) is 4.93. The van der Waals surface area contributed by atoms with Gasteiger partial charge in [-0.1, -0.05) is 6.07 Å². The van der Waals surface area contributed by atoms with Crippen LogP contribution in [-0.4, -0.2) is 38.2 Å². The number of rotatable bonds is 8. The summed E-state index contributed by atoms with van der Waals surface area (Å²) in [5.74, 6) is 1.40. The third kappa shape index (κ3) is 4.69. The molecule has 0 aliphatic carbocycles. The highest BCUT2D eigenvalue weighted by Crippen LogP contribution is 2.29. The molecule has 1 heterocycles. The van der Waals surface area contributed by atoms with Gasteiger partial charge in [0.15, 0.2) is 11.5 Å². The topological polar surface area (TPSA) is 77.1 Å². The van der Waals surface area contributed by atoms with Crippen molar-refractivity contribution >= 4 is 5.91 Å². The van der Waals surface area contributed by atoms with E-state index in [-0.39, 0.29) is 5.91 Å². The summed E-state index contributed by atoms with van der Waals surface area (Å²) < 4.78 is 10.7. The molecule has 0 bridgehead atoms. The van der Waals surface area contributed by atoms with Crippen LogP contribution in [0.2, 0.25) is 0 Å². The molecule has 1 aromatic carbocycles. The minimum absolute atomic E-state index is 0.0836. The van der Waals surface area contributed by atoms with Crippen molar-refractivity contribution in [2.45, 2.75) is 6.54 Å². The number of nitrogens with one attached hydrogen (secondary N) is 1. The average Bonchev–Trinajstić information content (AvgIpc) is 2.61. The van der Waals surface area contributed by atoms with E-state index in [2.05, 4.69) is 15.6 Å². The van der Waals surface area contributed by atoms with Crippen LogP contribution in [0.25, 0.3) is 0 Å². The summed E-state index contributed by atoms with van der Waals surface area (Å²) in [6, 6.07) is 9.21. The third-order valence-corrected chi connectivity index (χ3v) is 3.43. The monoisotopic (exact) mass is 316 g/mol. The zero-order valence-corrected chi connectivity index (χ0v) is 13.4. The molecule has 2 rings (SSSR count). The van der Waals surface area contributed by atoms with Crippen molar-refractivity contribution in [1.82, 2.24) is 10.3 Å². The smallest absolute Gasteiger partial charge is 0.251 e. The minimum atomic E-state index is -0.0836. The predicted molar refractivity (Wildman–Crippen MR) is 86.6 cm³/mol. The number of para-hydroxylation sites is 1. The van der Waals surface area contributed by atoms with Crippen LogP contribution >= 0.6 is 0 Å². The van der Waals surface area contributed by atoms with E-state index in [4.69, 9.17) is 9.47 Å². The Labute approximate surface area is 135 Å². The van der Waals surface area contributed by atoms with E-state index < -0.39 is 0 Å². The Bertz CT molecular complexity index is 632. The van der Waals surface area contributed by atoms with Crippen LogP contribution in [0.5, 0.6) is 11.5 Å². The van der Waals surface area contributed by atoms with E-state index in [1.165, 1.54) is 0 Å². The number of amides is 1. The molecule has 0 aliphatic heterocycles. The molecule has 3 N–H and O–H groups in total. The zero-order valence-electron chi connectivity index (χ0n) is 13.4. The maximum atomic E-state index is 11.9. The van der Waals surface area contributed by atoms with E-state index in [0.29, 0.717) is 12.1 Å². The largest absolute Gasteiger partial charge is 0.493 e. The Morgan fingerprint density at radius 3 is 2.65 bits per heavy atom. The van der Waals surface area contributed by atoms with E-state index in [0.717, 1.165) is 30.2 Å². The lowest BCUT2D eigenvalue weighted by Crippen LogP contribution is -2.84. The maximum absolute atomic E-state index is 11.9. The fraction of sp³-hybridized carbons (Fsp3) is 0.294. The van der Waals surface area contributed by atoms with Gasteiger partial charge in [-0.25, -0.2) is 0 Å². The summed E-state index contributed by atoms with van der Waals surface area (Å²) in [5, 5.41) is 5.00. The van der Waals surface area contributed by atoms with Crippen molar-refractivity contribution in [3.8, 4) is 11.5 Å². The standard InChI is InChI=1S/C17H21N3O3/c1-22-15-5-3-4-14(16(15)23-2)12-19-10-11-20-17(21)13-6-8-18-9-7-13/h3-9,19H,10-12H2,1-2H3,(H,20,21)/p+1. The van der Waals surface area contributed by atoms with Crippen LogP contribution in [0.1, 0.15) is 15.9 Å². The average molecular weight is 316 g/mol. The third-order valence-electron chi connectivity index (χ3n) is 3.43. The Kier molecular flexibility index (Phi) is 6.38. The van der Waals surface area contributed by atoms with E-state index >= 15 is 0 Å². The fourth-order valence-electron chi connectivity index (χ4n) is 2.27. The SMILES string of the molecule is COc1cccc(C[NH2+]CCNC(=O)c2ccncc2)c1OC. The van der Waals surface area contributed by atoms with Gasteiger partial charge in [-0.15, -0.1) is 0 Å². The Morgan fingerprint density at radius 2 is 1.96 bits per heavy atom. The number of carbonyl (C=O) groups is 1. The quantitative estimate of drug-likeness (QED) is 0.699. The van der Waals surface area contributed by atoms with Gasteiger partial charge in [0.25, 0.3) is 5.91 Å². The molecular weight excluding hydrogens is 294 g/mol. The van der Waals surface area contributed by atoms with Gasteiger partial charge in [0.1, 0.15) is 6.54 Å². The molecule has 6 heteroatoms. The summed E-state index contributed by atoms with van der Waals surface area (Å²) in [7, 11) is 3.26. The molecule has 23 heavy (non-hydrogen) atoms. The fourth-order valence-corrected chi connectivity index (χ4v) is 2.27. The van der Waals surface area contributed by atoms with E-state index in [1.54, 1.807) is 38.7 Å². The number of carbonyl (C=O) groups excluding carboxylic acids is 1. The first-order valence-corrected chi connectivity index (χ1v) is 7.46. The molecule has 122 valence electrons. The Hall–Kier alpha value is -2.60. The molecule has 1 amide bonds. The summed E-state index contributed by atoms with van der Waals surface area (Å²) in [6.45, 7) is 2.12. The number of pyridine rings is 1. The van der Waals surface area contributed by atoms with Crippen LogP contribution in [-0.2, 0) is 6.54 Å². The number of quaternary nitrogens is 1. The molecule has 0 radical (unpaired) electrons. The first-order valence-electron chi connectivity index (χ1n) is 7.46. The van der Waals surface area contributed by atoms with Crippen LogP contribution in [0, 0.1) is 0 Å². The van der Waals surface area contributed by atoms with Crippen molar-refractivity contribution in [3.63, 3.8) is 0 Å². The first kappa shape index (κ1) is 16.8. The molecule has 0 saturated carbocycles. The number of hydrogen-bond donors (Lipinski definition) is 2. The van der Waals surface area contributed by atoms with Gasteiger partial charge in [-0.2, -0.15) is 0 Å². The second kappa shape index (κ2) is 8.75. The maximum Gasteiger partial charge on any atom is 0.251 e. The molecule has 0 saturated heterocycles.